The highest BCUT2D eigenvalue weighted by atomic mass is 35.5. The summed E-state index contributed by atoms with van der Waals surface area (Å²) in [5, 5.41) is 2.99. The van der Waals surface area contributed by atoms with E-state index in [2.05, 4.69) is 10.3 Å². The van der Waals surface area contributed by atoms with Crippen molar-refractivity contribution in [2.45, 2.75) is 6.92 Å². The van der Waals surface area contributed by atoms with Gasteiger partial charge in [-0.3, -0.25) is 4.79 Å². The van der Waals surface area contributed by atoms with Crippen LogP contribution in [0.2, 0.25) is 5.15 Å². The Morgan fingerprint density at radius 1 is 1.17 bits per heavy atom. The lowest BCUT2D eigenvalue weighted by molar-refractivity contribution is 0.0526. The minimum Gasteiger partial charge on any atom is -0.462 e. The van der Waals surface area contributed by atoms with Crippen molar-refractivity contribution in [2.24, 2.45) is 0 Å². The lowest BCUT2D eigenvalue weighted by Crippen LogP contribution is -2.15. The first-order chi connectivity index (χ1) is 11.4. The molecule has 6 nitrogen and oxygen atoms in total. The number of nitrogens with zero attached hydrogens (tertiary/aromatic N) is 2. The van der Waals surface area contributed by atoms with E-state index in [0.29, 0.717) is 29.2 Å². The maximum absolute atomic E-state index is 12.4. The number of halogens is 1. The Hall–Kier alpha value is -2.60. The van der Waals surface area contributed by atoms with Crippen LogP contribution in [0.25, 0.3) is 0 Å². The van der Waals surface area contributed by atoms with E-state index >= 15 is 0 Å². The number of esters is 1. The number of anilines is 2. The zero-order chi connectivity index (χ0) is 17.7. The Labute approximate surface area is 145 Å². The Morgan fingerprint density at radius 2 is 1.83 bits per heavy atom. The number of pyridine rings is 1. The summed E-state index contributed by atoms with van der Waals surface area (Å²) >= 11 is 5.96. The van der Waals surface area contributed by atoms with Gasteiger partial charge in [-0.05, 0) is 43.3 Å². The minimum absolute atomic E-state index is 0.240. The molecule has 7 heteroatoms. The van der Waals surface area contributed by atoms with Gasteiger partial charge >= 0.3 is 5.97 Å². The van der Waals surface area contributed by atoms with E-state index in [4.69, 9.17) is 16.3 Å². The van der Waals surface area contributed by atoms with E-state index in [0.717, 1.165) is 0 Å². The maximum Gasteiger partial charge on any atom is 0.338 e. The third-order valence-corrected chi connectivity index (χ3v) is 3.35. The van der Waals surface area contributed by atoms with Crippen LogP contribution in [-0.2, 0) is 4.74 Å². The topological polar surface area (TPSA) is 71.5 Å². The molecule has 0 aliphatic carbocycles. The quantitative estimate of drug-likeness (QED) is 0.664. The number of amides is 1. The number of carbonyl (C=O) groups is 2. The average Bonchev–Trinajstić information content (AvgIpc) is 2.55. The SMILES string of the molecule is CCOC(=O)c1ccc(NC(=O)c2cc(Cl)nc(N(C)C)c2)cc1. The molecule has 126 valence electrons. The molecule has 0 saturated heterocycles. The molecule has 1 heterocycles. The molecular formula is C17H18ClN3O3. The second-order valence-electron chi connectivity index (χ2n) is 5.18. The van der Waals surface area contributed by atoms with Gasteiger partial charge in [0.2, 0.25) is 0 Å². The van der Waals surface area contributed by atoms with Gasteiger partial charge in [0.05, 0.1) is 12.2 Å². The molecule has 0 saturated carbocycles. The predicted molar refractivity (Wildman–Crippen MR) is 93.9 cm³/mol. The third-order valence-electron chi connectivity index (χ3n) is 3.15. The van der Waals surface area contributed by atoms with Crippen LogP contribution in [0.3, 0.4) is 0 Å². The maximum atomic E-state index is 12.4. The van der Waals surface area contributed by atoms with E-state index < -0.39 is 5.97 Å². The van der Waals surface area contributed by atoms with Crippen LogP contribution in [-0.4, -0.2) is 37.6 Å². The van der Waals surface area contributed by atoms with Crippen molar-refractivity contribution in [3.63, 3.8) is 0 Å². The van der Waals surface area contributed by atoms with Crippen LogP contribution in [0.1, 0.15) is 27.6 Å². The van der Waals surface area contributed by atoms with Crippen molar-refractivity contribution >= 4 is 35.0 Å². The molecule has 0 aliphatic heterocycles. The molecule has 0 fully saturated rings. The largest absolute Gasteiger partial charge is 0.462 e. The highest BCUT2D eigenvalue weighted by Gasteiger charge is 2.12. The van der Waals surface area contributed by atoms with E-state index in [1.165, 1.54) is 6.07 Å². The minimum atomic E-state index is -0.396. The first-order valence-corrected chi connectivity index (χ1v) is 7.72. The fraction of sp³-hybridized carbons (Fsp3) is 0.235. The fourth-order valence-electron chi connectivity index (χ4n) is 1.95. The molecular weight excluding hydrogens is 330 g/mol. The Morgan fingerprint density at radius 3 is 2.42 bits per heavy atom. The van der Waals surface area contributed by atoms with Crippen LogP contribution in [0, 0.1) is 0 Å². The van der Waals surface area contributed by atoms with Gasteiger partial charge in [0.1, 0.15) is 11.0 Å². The van der Waals surface area contributed by atoms with Crippen LogP contribution < -0.4 is 10.2 Å². The van der Waals surface area contributed by atoms with Gasteiger partial charge in [0.25, 0.3) is 5.91 Å². The number of hydrogen-bond acceptors (Lipinski definition) is 5. The number of ether oxygens (including phenoxy) is 1. The van der Waals surface area contributed by atoms with Crippen molar-refractivity contribution in [3.05, 3.63) is 52.7 Å². The number of benzene rings is 1. The molecule has 1 N–H and O–H groups in total. The van der Waals surface area contributed by atoms with Gasteiger partial charge in [-0.1, -0.05) is 11.6 Å². The normalized spacial score (nSPS) is 10.2. The highest BCUT2D eigenvalue weighted by Crippen LogP contribution is 2.18. The van der Waals surface area contributed by atoms with E-state index in [1.807, 2.05) is 14.1 Å². The van der Waals surface area contributed by atoms with Gasteiger partial charge in [-0.2, -0.15) is 0 Å². The molecule has 0 bridgehead atoms. The molecule has 1 aromatic heterocycles. The number of rotatable bonds is 5. The third kappa shape index (κ3) is 4.45. The summed E-state index contributed by atoms with van der Waals surface area (Å²) in [6.45, 7) is 2.06. The van der Waals surface area contributed by atoms with Crippen LogP contribution in [0.4, 0.5) is 11.5 Å². The molecule has 2 rings (SSSR count). The number of nitrogens with one attached hydrogen (secondary N) is 1. The fourth-order valence-corrected chi connectivity index (χ4v) is 2.15. The van der Waals surface area contributed by atoms with Crippen LogP contribution in [0.5, 0.6) is 0 Å². The molecule has 2 aromatic rings. The first kappa shape index (κ1) is 17.7. The smallest absolute Gasteiger partial charge is 0.338 e. The number of aromatic nitrogens is 1. The Kier molecular flexibility index (Phi) is 5.76. The summed E-state index contributed by atoms with van der Waals surface area (Å²) in [6, 6.07) is 9.61. The summed E-state index contributed by atoms with van der Waals surface area (Å²) < 4.78 is 4.91. The molecule has 0 radical (unpaired) electrons. The highest BCUT2D eigenvalue weighted by molar-refractivity contribution is 6.30. The molecule has 1 amide bonds. The van der Waals surface area contributed by atoms with Crippen molar-refractivity contribution in [1.29, 1.82) is 0 Å². The summed E-state index contributed by atoms with van der Waals surface area (Å²) in [5.41, 5.74) is 1.39. The summed E-state index contributed by atoms with van der Waals surface area (Å²) in [6.07, 6.45) is 0. The van der Waals surface area contributed by atoms with Crippen molar-refractivity contribution in [3.8, 4) is 0 Å². The molecule has 0 spiro atoms. The second-order valence-corrected chi connectivity index (χ2v) is 5.57. The summed E-state index contributed by atoms with van der Waals surface area (Å²) in [7, 11) is 3.63. The number of hydrogen-bond donors (Lipinski definition) is 1. The molecule has 0 aliphatic rings. The van der Waals surface area contributed by atoms with Crippen LogP contribution >= 0.6 is 11.6 Å². The summed E-state index contributed by atoms with van der Waals surface area (Å²) in [5.74, 6) is -0.122. The van der Waals surface area contributed by atoms with Crippen molar-refractivity contribution in [2.75, 3.05) is 30.9 Å². The average molecular weight is 348 g/mol. The van der Waals surface area contributed by atoms with Gasteiger partial charge in [0.15, 0.2) is 0 Å². The van der Waals surface area contributed by atoms with Crippen molar-refractivity contribution < 1.29 is 14.3 Å². The second kappa shape index (κ2) is 7.79. The van der Waals surface area contributed by atoms with Crippen LogP contribution in [0.15, 0.2) is 36.4 Å². The molecule has 1 aromatic carbocycles. The Bertz CT molecular complexity index is 745. The zero-order valence-electron chi connectivity index (χ0n) is 13.7. The van der Waals surface area contributed by atoms with Crippen molar-refractivity contribution in [1.82, 2.24) is 4.98 Å². The molecule has 24 heavy (non-hydrogen) atoms. The van der Waals surface area contributed by atoms with Gasteiger partial charge < -0.3 is 15.0 Å². The molecule has 0 atom stereocenters. The van der Waals surface area contributed by atoms with Gasteiger partial charge in [-0.15, -0.1) is 0 Å². The van der Waals surface area contributed by atoms with E-state index in [1.54, 1.807) is 42.2 Å². The Balaban J connectivity index is 2.14. The predicted octanol–water partition coefficient (Wildman–Crippen LogP) is 3.23. The van der Waals surface area contributed by atoms with Gasteiger partial charge in [0, 0.05) is 25.3 Å². The molecule has 0 unspecified atom stereocenters. The van der Waals surface area contributed by atoms with E-state index in [9.17, 15) is 9.59 Å². The first-order valence-electron chi connectivity index (χ1n) is 7.34. The lowest BCUT2D eigenvalue weighted by Gasteiger charge is -2.13. The zero-order valence-corrected chi connectivity index (χ0v) is 14.4. The summed E-state index contributed by atoms with van der Waals surface area (Å²) in [4.78, 5) is 29.8. The monoisotopic (exact) mass is 347 g/mol. The van der Waals surface area contributed by atoms with Gasteiger partial charge in [-0.25, -0.2) is 9.78 Å². The van der Waals surface area contributed by atoms with E-state index in [-0.39, 0.29) is 11.1 Å². The standard InChI is InChI=1S/C17H18ClN3O3/c1-4-24-17(23)11-5-7-13(8-6-11)19-16(22)12-9-14(18)20-15(10-12)21(2)3/h5-10H,4H2,1-3H3,(H,19,22). The number of carbonyl (C=O) groups excluding carboxylic acids is 2. The lowest BCUT2D eigenvalue weighted by atomic mass is 10.2.